The first kappa shape index (κ1) is 14.9. The molecule has 0 spiro atoms. The van der Waals surface area contributed by atoms with Gasteiger partial charge in [-0.05, 0) is 24.5 Å². The number of ether oxygens (including phenoxy) is 2. The van der Waals surface area contributed by atoms with Crippen LogP contribution in [0.2, 0.25) is 0 Å². The lowest BCUT2D eigenvalue weighted by Crippen LogP contribution is -2.46. The normalized spacial score (nSPS) is 22.0. The summed E-state index contributed by atoms with van der Waals surface area (Å²) in [7, 11) is 0. The maximum absolute atomic E-state index is 12.5. The van der Waals surface area contributed by atoms with Crippen molar-refractivity contribution in [3.05, 3.63) is 29.8 Å². The van der Waals surface area contributed by atoms with Crippen LogP contribution in [-0.4, -0.2) is 48.0 Å². The Hall–Kier alpha value is -1.07. The van der Waals surface area contributed by atoms with Gasteiger partial charge in [0.25, 0.3) is 5.91 Å². The number of rotatable bonds is 4. The number of alkyl halides is 1. The lowest BCUT2D eigenvalue weighted by Gasteiger charge is -2.33. The summed E-state index contributed by atoms with van der Waals surface area (Å²) in [6.07, 6.45) is 2.46. The molecule has 0 bridgehead atoms. The third-order valence-corrected chi connectivity index (χ3v) is 4.43. The van der Waals surface area contributed by atoms with Crippen LogP contribution in [0.25, 0.3) is 0 Å². The number of hydrogen-bond donors (Lipinski definition) is 0. The highest BCUT2D eigenvalue weighted by atomic mass is 79.9. The monoisotopic (exact) mass is 353 g/mol. The minimum Gasteiger partial charge on any atom is -0.480 e. The number of fused-ring (bicyclic) bond motifs is 1. The van der Waals surface area contributed by atoms with Crippen molar-refractivity contribution in [1.82, 2.24) is 4.90 Å². The molecule has 1 amide bonds. The molecule has 1 unspecified atom stereocenters. The van der Waals surface area contributed by atoms with Gasteiger partial charge in [0, 0.05) is 24.8 Å². The molecule has 3 rings (SSSR count). The molecule has 2 aliphatic heterocycles. The van der Waals surface area contributed by atoms with E-state index in [1.54, 1.807) is 0 Å². The van der Waals surface area contributed by atoms with Gasteiger partial charge in [0.15, 0.2) is 6.10 Å². The average Bonchev–Trinajstić information content (AvgIpc) is 2.96. The Bertz CT molecular complexity index is 475. The molecule has 0 aromatic heterocycles. The Morgan fingerprint density at radius 2 is 2.10 bits per heavy atom. The maximum atomic E-state index is 12.5. The zero-order chi connectivity index (χ0) is 14.7. The van der Waals surface area contributed by atoms with Gasteiger partial charge < -0.3 is 14.4 Å². The third-order valence-electron chi connectivity index (χ3n) is 4.11. The standard InChI is InChI=1S/C16H20BrNO3/c17-7-10-20-13-5-8-18(9-6-13)16(19)15-11-12-3-1-2-4-14(12)21-15/h1-4,13,15H,5-11H2. The van der Waals surface area contributed by atoms with Crippen LogP contribution in [-0.2, 0) is 16.0 Å². The Morgan fingerprint density at radius 3 is 2.81 bits per heavy atom. The predicted octanol–water partition coefficient (Wildman–Crippen LogP) is 2.39. The van der Waals surface area contributed by atoms with Crippen LogP contribution in [0.4, 0.5) is 0 Å². The number of para-hydroxylation sites is 1. The largest absolute Gasteiger partial charge is 0.480 e. The highest BCUT2D eigenvalue weighted by molar-refractivity contribution is 9.09. The van der Waals surface area contributed by atoms with E-state index in [1.807, 2.05) is 29.2 Å². The van der Waals surface area contributed by atoms with E-state index in [1.165, 1.54) is 0 Å². The topological polar surface area (TPSA) is 38.8 Å². The molecule has 2 aliphatic rings. The maximum Gasteiger partial charge on any atom is 0.263 e. The third kappa shape index (κ3) is 3.40. The zero-order valence-electron chi connectivity index (χ0n) is 12.0. The van der Waals surface area contributed by atoms with Crippen LogP contribution >= 0.6 is 15.9 Å². The first-order valence-corrected chi connectivity index (χ1v) is 8.61. The summed E-state index contributed by atoms with van der Waals surface area (Å²) in [6.45, 7) is 2.27. The molecule has 1 atom stereocenters. The van der Waals surface area contributed by atoms with Gasteiger partial charge in [0.1, 0.15) is 5.75 Å². The van der Waals surface area contributed by atoms with E-state index in [2.05, 4.69) is 15.9 Å². The first-order chi connectivity index (χ1) is 10.3. The summed E-state index contributed by atoms with van der Waals surface area (Å²) < 4.78 is 11.5. The minimum atomic E-state index is -0.345. The van der Waals surface area contributed by atoms with Gasteiger partial charge in [-0.3, -0.25) is 4.79 Å². The molecular formula is C16H20BrNO3. The van der Waals surface area contributed by atoms with E-state index >= 15 is 0 Å². The van der Waals surface area contributed by atoms with Crippen molar-refractivity contribution in [3.8, 4) is 5.75 Å². The average molecular weight is 354 g/mol. The number of hydrogen-bond acceptors (Lipinski definition) is 3. The lowest BCUT2D eigenvalue weighted by atomic mass is 10.1. The molecule has 1 aromatic carbocycles. The molecule has 0 N–H and O–H groups in total. The Morgan fingerprint density at radius 1 is 1.33 bits per heavy atom. The summed E-state index contributed by atoms with van der Waals surface area (Å²) in [6, 6.07) is 7.89. The van der Waals surface area contributed by atoms with E-state index in [9.17, 15) is 4.79 Å². The van der Waals surface area contributed by atoms with Crippen molar-refractivity contribution in [2.45, 2.75) is 31.5 Å². The highest BCUT2D eigenvalue weighted by Crippen LogP contribution is 2.29. The fraction of sp³-hybridized carbons (Fsp3) is 0.562. The Labute approximate surface area is 133 Å². The second-order valence-corrected chi connectivity index (χ2v) is 6.30. The van der Waals surface area contributed by atoms with Crippen molar-refractivity contribution in [2.75, 3.05) is 25.0 Å². The van der Waals surface area contributed by atoms with Crippen molar-refractivity contribution in [3.63, 3.8) is 0 Å². The smallest absolute Gasteiger partial charge is 0.263 e. The van der Waals surface area contributed by atoms with Gasteiger partial charge in [-0.15, -0.1) is 0 Å². The van der Waals surface area contributed by atoms with Crippen molar-refractivity contribution < 1.29 is 14.3 Å². The minimum absolute atomic E-state index is 0.116. The summed E-state index contributed by atoms with van der Waals surface area (Å²) >= 11 is 3.36. The molecule has 1 saturated heterocycles. The quantitative estimate of drug-likeness (QED) is 0.780. The molecule has 0 aliphatic carbocycles. The lowest BCUT2D eigenvalue weighted by molar-refractivity contribution is -0.140. The number of carbonyl (C=O) groups is 1. The molecular weight excluding hydrogens is 334 g/mol. The highest BCUT2D eigenvalue weighted by Gasteiger charge is 2.33. The number of nitrogens with zero attached hydrogens (tertiary/aromatic N) is 1. The Balaban J connectivity index is 1.52. The number of piperidine rings is 1. The van der Waals surface area contributed by atoms with Crippen LogP contribution in [0, 0.1) is 0 Å². The van der Waals surface area contributed by atoms with Crippen LogP contribution in [0.15, 0.2) is 24.3 Å². The molecule has 0 radical (unpaired) electrons. The molecule has 2 heterocycles. The SMILES string of the molecule is O=C(C1Cc2ccccc2O1)N1CCC(OCCBr)CC1. The van der Waals surface area contributed by atoms with Crippen molar-refractivity contribution >= 4 is 21.8 Å². The van der Waals surface area contributed by atoms with Crippen LogP contribution in [0.3, 0.4) is 0 Å². The van der Waals surface area contributed by atoms with Gasteiger partial charge in [0.2, 0.25) is 0 Å². The van der Waals surface area contributed by atoms with E-state index in [0.717, 1.165) is 49.2 Å². The van der Waals surface area contributed by atoms with Crippen LogP contribution in [0.5, 0.6) is 5.75 Å². The Kier molecular flexibility index (Phi) is 4.80. The fourth-order valence-corrected chi connectivity index (χ4v) is 3.16. The molecule has 1 fully saturated rings. The zero-order valence-corrected chi connectivity index (χ0v) is 13.5. The number of benzene rings is 1. The van der Waals surface area contributed by atoms with Gasteiger partial charge in [0.05, 0.1) is 12.7 Å². The molecule has 21 heavy (non-hydrogen) atoms. The van der Waals surface area contributed by atoms with Gasteiger partial charge >= 0.3 is 0 Å². The van der Waals surface area contributed by atoms with E-state index < -0.39 is 0 Å². The summed E-state index contributed by atoms with van der Waals surface area (Å²) in [4.78, 5) is 14.5. The fourth-order valence-electron chi connectivity index (χ4n) is 2.98. The van der Waals surface area contributed by atoms with Crippen LogP contribution < -0.4 is 4.74 Å². The molecule has 114 valence electrons. The summed E-state index contributed by atoms with van der Waals surface area (Å²) in [5.41, 5.74) is 1.13. The second-order valence-electron chi connectivity index (χ2n) is 5.50. The number of likely N-dealkylation sites (tertiary alicyclic amines) is 1. The van der Waals surface area contributed by atoms with Gasteiger partial charge in [-0.1, -0.05) is 34.1 Å². The summed E-state index contributed by atoms with van der Waals surface area (Å²) in [5.74, 6) is 0.969. The van der Waals surface area contributed by atoms with Crippen molar-refractivity contribution in [2.24, 2.45) is 0 Å². The number of amides is 1. The summed E-state index contributed by atoms with van der Waals surface area (Å²) in [5, 5.41) is 0.861. The second kappa shape index (κ2) is 6.79. The molecule has 5 heteroatoms. The van der Waals surface area contributed by atoms with E-state index in [4.69, 9.17) is 9.47 Å². The van der Waals surface area contributed by atoms with Crippen molar-refractivity contribution in [1.29, 1.82) is 0 Å². The van der Waals surface area contributed by atoms with Gasteiger partial charge in [-0.25, -0.2) is 0 Å². The van der Waals surface area contributed by atoms with Crippen LogP contribution in [0.1, 0.15) is 18.4 Å². The predicted molar refractivity (Wildman–Crippen MR) is 83.9 cm³/mol. The molecule has 0 saturated carbocycles. The number of halogens is 1. The molecule has 4 nitrogen and oxygen atoms in total. The van der Waals surface area contributed by atoms with Gasteiger partial charge in [-0.2, -0.15) is 0 Å². The van der Waals surface area contributed by atoms with E-state index in [-0.39, 0.29) is 18.1 Å². The molecule has 1 aromatic rings. The van der Waals surface area contributed by atoms with E-state index in [0.29, 0.717) is 6.42 Å². The first-order valence-electron chi connectivity index (χ1n) is 7.49. The number of carbonyl (C=O) groups excluding carboxylic acids is 1.